The van der Waals surface area contributed by atoms with E-state index in [1.54, 1.807) is 29.2 Å². The summed E-state index contributed by atoms with van der Waals surface area (Å²) in [6.45, 7) is 1.59. The number of ether oxygens (including phenoxy) is 1. The zero-order valence-corrected chi connectivity index (χ0v) is 17.4. The molecule has 1 unspecified atom stereocenters. The maximum Gasteiger partial charge on any atom is 0.256 e. The van der Waals surface area contributed by atoms with Crippen LogP contribution in [0, 0.1) is 0 Å². The molecule has 3 heterocycles. The molecule has 1 N–H and O–H groups in total. The van der Waals surface area contributed by atoms with Crippen molar-refractivity contribution in [2.45, 2.75) is 31.0 Å². The van der Waals surface area contributed by atoms with Crippen molar-refractivity contribution in [1.82, 2.24) is 14.9 Å². The lowest BCUT2D eigenvalue weighted by atomic mass is 9.83. The quantitative estimate of drug-likeness (QED) is 0.827. The second-order valence-electron chi connectivity index (χ2n) is 7.78. The number of piperidine rings is 1. The molecule has 2 aromatic rings. The molecule has 8 heteroatoms. The highest BCUT2D eigenvalue weighted by Crippen LogP contribution is 2.41. The summed E-state index contributed by atoms with van der Waals surface area (Å²) in [6.07, 6.45) is 2.68. The van der Waals surface area contributed by atoms with Crippen LogP contribution in [0.15, 0.2) is 30.5 Å². The molecule has 29 heavy (non-hydrogen) atoms. The summed E-state index contributed by atoms with van der Waals surface area (Å²) in [6, 6.07) is 6.89. The average molecular weight is 417 g/mol. The van der Waals surface area contributed by atoms with Crippen LogP contribution >= 0.6 is 11.6 Å². The standard InChI is InChI=1S/C21H25ClN4O3/c1-25(2)20-23-13-14-7-12-29-21(18(14)24-20)8-10-26(11-9-21)19(28)17(27)15-5-3-4-6-16(15)22/h3-6,13,17,27H,7-12H2,1-2H3. The highest BCUT2D eigenvalue weighted by Gasteiger charge is 2.44. The highest BCUT2D eigenvalue weighted by atomic mass is 35.5. The number of hydrogen-bond donors (Lipinski definition) is 1. The molecule has 1 aromatic heterocycles. The van der Waals surface area contributed by atoms with Crippen molar-refractivity contribution in [3.63, 3.8) is 0 Å². The summed E-state index contributed by atoms with van der Waals surface area (Å²) in [7, 11) is 3.82. The Morgan fingerprint density at radius 2 is 2.03 bits per heavy atom. The number of halogens is 1. The Hall–Kier alpha value is -2.22. The molecule has 2 aliphatic heterocycles. The van der Waals surface area contributed by atoms with Crippen molar-refractivity contribution in [2.75, 3.05) is 38.7 Å². The Morgan fingerprint density at radius 3 is 2.72 bits per heavy atom. The average Bonchev–Trinajstić information content (AvgIpc) is 2.74. The van der Waals surface area contributed by atoms with Gasteiger partial charge in [0, 0.05) is 44.0 Å². The normalized spacial score (nSPS) is 19.0. The van der Waals surface area contributed by atoms with E-state index in [4.69, 9.17) is 21.3 Å². The molecule has 0 aliphatic carbocycles. The van der Waals surface area contributed by atoms with Crippen LogP contribution in [0.1, 0.15) is 35.8 Å². The molecular formula is C21H25ClN4O3. The fourth-order valence-electron chi connectivity index (χ4n) is 4.09. The van der Waals surface area contributed by atoms with Crippen molar-refractivity contribution in [2.24, 2.45) is 0 Å². The number of carbonyl (C=O) groups is 1. The summed E-state index contributed by atoms with van der Waals surface area (Å²) in [5.74, 6) is 0.321. The number of amides is 1. The van der Waals surface area contributed by atoms with Crippen LogP contribution < -0.4 is 4.90 Å². The van der Waals surface area contributed by atoms with E-state index in [1.165, 1.54) is 0 Å². The van der Waals surface area contributed by atoms with Crippen LogP contribution in [-0.2, 0) is 21.6 Å². The van der Waals surface area contributed by atoms with Crippen LogP contribution in [-0.4, -0.2) is 59.7 Å². The monoisotopic (exact) mass is 416 g/mol. The van der Waals surface area contributed by atoms with E-state index >= 15 is 0 Å². The van der Waals surface area contributed by atoms with E-state index in [2.05, 4.69) is 4.98 Å². The number of anilines is 1. The summed E-state index contributed by atoms with van der Waals surface area (Å²) >= 11 is 6.15. The van der Waals surface area contributed by atoms with E-state index in [0.717, 1.165) is 17.7 Å². The minimum Gasteiger partial charge on any atom is -0.378 e. The van der Waals surface area contributed by atoms with E-state index in [1.807, 2.05) is 25.2 Å². The number of hydrogen-bond acceptors (Lipinski definition) is 6. The lowest BCUT2D eigenvalue weighted by Gasteiger charge is -2.44. The second-order valence-corrected chi connectivity index (χ2v) is 8.19. The topological polar surface area (TPSA) is 78.8 Å². The van der Waals surface area contributed by atoms with Gasteiger partial charge in [-0.2, -0.15) is 0 Å². The van der Waals surface area contributed by atoms with E-state index in [-0.39, 0.29) is 5.91 Å². The molecule has 1 amide bonds. The smallest absolute Gasteiger partial charge is 0.256 e. The zero-order chi connectivity index (χ0) is 20.6. The van der Waals surface area contributed by atoms with Crippen molar-refractivity contribution in [3.8, 4) is 0 Å². The third-order valence-electron chi connectivity index (χ3n) is 5.75. The number of aliphatic hydroxyl groups excluding tert-OH is 1. The molecule has 1 aromatic carbocycles. The molecule has 1 spiro atoms. The third-order valence-corrected chi connectivity index (χ3v) is 6.09. The molecule has 154 valence electrons. The summed E-state index contributed by atoms with van der Waals surface area (Å²) in [4.78, 5) is 25.6. The Morgan fingerprint density at radius 1 is 1.31 bits per heavy atom. The van der Waals surface area contributed by atoms with Crippen LogP contribution in [0.25, 0.3) is 0 Å². The summed E-state index contributed by atoms with van der Waals surface area (Å²) < 4.78 is 6.23. The Bertz CT molecular complexity index is 913. The van der Waals surface area contributed by atoms with Crippen molar-refractivity contribution in [1.29, 1.82) is 0 Å². The number of aliphatic hydroxyl groups is 1. The number of aromatic nitrogens is 2. The first kappa shape index (κ1) is 20.1. The predicted octanol–water partition coefficient (Wildman–Crippen LogP) is 2.32. The van der Waals surface area contributed by atoms with Gasteiger partial charge in [0.1, 0.15) is 5.60 Å². The Labute approximate surface area is 175 Å². The molecule has 0 bridgehead atoms. The molecule has 0 saturated carbocycles. The molecular weight excluding hydrogens is 392 g/mol. The van der Waals surface area contributed by atoms with Gasteiger partial charge >= 0.3 is 0 Å². The minimum atomic E-state index is -1.26. The van der Waals surface area contributed by atoms with Gasteiger partial charge in [0.15, 0.2) is 6.10 Å². The van der Waals surface area contributed by atoms with E-state index in [9.17, 15) is 9.90 Å². The first-order chi connectivity index (χ1) is 13.9. The van der Waals surface area contributed by atoms with Crippen LogP contribution in [0.2, 0.25) is 5.02 Å². The Balaban J connectivity index is 1.52. The van der Waals surface area contributed by atoms with Gasteiger partial charge in [-0.15, -0.1) is 0 Å². The van der Waals surface area contributed by atoms with E-state index in [0.29, 0.717) is 49.1 Å². The lowest BCUT2D eigenvalue weighted by Crippen LogP contribution is -2.50. The number of rotatable bonds is 3. The fraction of sp³-hybridized carbons (Fsp3) is 0.476. The molecule has 1 atom stereocenters. The van der Waals surface area contributed by atoms with Gasteiger partial charge in [0.25, 0.3) is 5.91 Å². The van der Waals surface area contributed by atoms with Gasteiger partial charge in [0.2, 0.25) is 5.95 Å². The maximum atomic E-state index is 12.9. The molecule has 4 rings (SSSR count). The number of fused-ring (bicyclic) bond motifs is 2. The molecule has 1 fully saturated rings. The summed E-state index contributed by atoms with van der Waals surface area (Å²) in [5, 5.41) is 10.9. The molecule has 7 nitrogen and oxygen atoms in total. The maximum absolute atomic E-state index is 12.9. The van der Waals surface area contributed by atoms with Crippen molar-refractivity contribution >= 4 is 23.5 Å². The highest BCUT2D eigenvalue weighted by molar-refractivity contribution is 6.31. The zero-order valence-electron chi connectivity index (χ0n) is 16.6. The third kappa shape index (κ3) is 3.70. The SMILES string of the molecule is CN(C)c1ncc2c(n1)C1(CCN(C(=O)C(O)c3ccccc3Cl)CC1)OCC2. The summed E-state index contributed by atoms with van der Waals surface area (Å²) in [5.41, 5.74) is 1.97. The van der Waals surface area contributed by atoms with Gasteiger partial charge < -0.3 is 19.6 Å². The van der Waals surface area contributed by atoms with Gasteiger partial charge in [-0.05, 0) is 30.9 Å². The minimum absolute atomic E-state index is 0.333. The molecule has 2 aliphatic rings. The van der Waals surface area contributed by atoms with Crippen molar-refractivity contribution in [3.05, 3.63) is 52.3 Å². The lowest BCUT2D eigenvalue weighted by molar-refractivity contribution is -0.149. The fourth-order valence-corrected chi connectivity index (χ4v) is 4.33. The number of nitrogens with zero attached hydrogens (tertiary/aromatic N) is 4. The Kier molecular flexibility index (Phi) is 5.46. The molecule has 1 saturated heterocycles. The largest absolute Gasteiger partial charge is 0.378 e. The molecule has 0 radical (unpaired) electrons. The van der Waals surface area contributed by atoms with Crippen LogP contribution in [0.5, 0.6) is 0 Å². The first-order valence-corrected chi connectivity index (χ1v) is 10.2. The predicted molar refractivity (Wildman–Crippen MR) is 110 cm³/mol. The first-order valence-electron chi connectivity index (χ1n) is 9.80. The van der Waals surface area contributed by atoms with E-state index < -0.39 is 11.7 Å². The number of likely N-dealkylation sites (tertiary alicyclic amines) is 1. The second kappa shape index (κ2) is 7.89. The van der Waals surface area contributed by atoms with Crippen LogP contribution in [0.3, 0.4) is 0 Å². The van der Waals surface area contributed by atoms with Gasteiger partial charge in [0.05, 0.1) is 12.3 Å². The number of benzene rings is 1. The van der Waals surface area contributed by atoms with Crippen molar-refractivity contribution < 1.29 is 14.6 Å². The van der Waals surface area contributed by atoms with Gasteiger partial charge in [-0.1, -0.05) is 29.8 Å². The van der Waals surface area contributed by atoms with Gasteiger partial charge in [-0.3, -0.25) is 4.79 Å². The van der Waals surface area contributed by atoms with Gasteiger partial charge in [-0.25, -0.2) is 9.97 Å². The van der Waals surface area contributed by atoms with Crippen LogP contribution in [0.4, 0.5) is 5.95 Å². The number of carbonyl (C=O) groups excluding carboxylic acids is 1.